The summed E-state index contributed by atoms with van der Waals surface area (Å²) in [6, 6.07) is 5.81. The summed E-state index contributed by atoms with van der Waals surface area (Å²) >= 11 is 2.04. The van der Waals surface area contributed by atoms with E-state index in [2.05, 4.69) is 34.0 Å². The highest BCUT2D eigenvalue weighted by Crippen LogP contribution is 2.51. The van der Waals surface area contributed by atoms with Crippen molar-refractivity contribution in [1.29, 1.82) is 0 Å². The Morgan fingerprint density at radius 1 is 1.24 bits per heavy atom. The quantitative estimate of drug-likeness (QED) is 0.469. The van der Waals surface area contributed by atoms with E-state index in [1.807, 2.05) is 29.5 Å². The smallest absolute Gasteiger partial charge is 0.223 e. The van der Waals surface area contributed by atoms with Gasteiger partial charge in [0.2, 0.25) is 5.95 Å². The maximum Gasteiger partial charge on any atom is 0.223 e. The van der Waals surface area contributed by atoms with Crippen LogP contribution in [0.4, 0.5) is 11.6 Å². The van der Waals surface area contributed by atoms with E-state index in [0.29, 0.717) is 17.2 Å². The molecular weight excluding hydrogens is 434 g/mol. The summed E-state index contributed by atoms with van der Waals surface area (Å²) in [4.78, 5) is 17.3. The van der Waals surface area contributed by atoms with Crippen molar-refractivity contribution in [2.75, 3.05) is 44.9 Å². The average Bonchev–Trinajstić information content (AvgIpc) is 3.44. The second-order valence-corrected chi connectivity index (χ2v) is 10.4. The first-order chi connectivity index (χ1) is 16.0. The summed E-state index contributed by atoms with van der Waals surface area (Å²) in [6.45, 7) is 3.02. The number of ether oxygens (including phenoxy) is 1. The molecule has 1 aliphatic carbocycles. The Labute approximate surface area is 197 Å². The van der Waals surface area contributed by atoms with Crippen LogP contribution in [0.1, 0.15) is 39.9 Å². The number of nitrogens with zero attached hydrogens (tertiary/aromatic N) is 6. The van der Waals surface area contributed by atoms with Crippen molar-refractivity contribution < 1.29 is 4.74 Å². The number of nitrogen functional groups attached to an aromatic ring is 1. The highest BCUT2D eigenvalue weighted by Gasteiger charge is 2.33. The van der Waals surface area contributed by atoms with Crippen LogP contribution in [-0.2, 0) is 19.4 Å². The van der Waals surface area contributed by atoms with E-state index >= 15 is 0 Å². The molecule has 9 heteroatoms. The van der Waals surface area contributed by atoms with Gasteiger partial charge in [0.15, 0.2) is 11.5 Å². The fraction of sp³-hybridized carbons (Fsp3) is 0.458. The summed E-state index contributed by atoms with van der Waals surface area (Å²) in [5.74, 6) is 2.60. The number of thiophene rings is 1. The van der Waals surface area contributed by atoms with Crippen molar-refractivity contribution in [1.82, 2.24) is 24.5 Å². The number of para-hydroxylation sites is 1. The Hall–Kier alpha value is -2.91. The van der Waals surface area contributed by atoms with Crippen molar-refractivity contribution >= 4 is 39.5 Å². The molecule has 1 aromatic carbocycles. The van der Waals surface area contributed by atoms with E-state index < -0.39 is 0 Å². The largest absolute Gasteiger partial charge is 0.494 e. The number of rotatable bonds is 6. The molecule has 8 nitrogen and oxygen atoms in total. The zero-order chi connectivity index (χ0) is 22.7. The summed E-state index contributed by atoms with van der Waals surface area (Å²) < 4.78 is 7.10. The number of aromatic nitrogens is 4. The van der Waals surface area contributed by atoms with Gasteiger partial charge in [0.1, 0.15) is 11.3 Å². The molecule has 2 aliphatic rings. The van der Waals surface area contributed by atoms with Gasteiger partial charge in [-0.3, -0.25) is 4.90 Å². The van der Waals surface area contributed by atoms with E-state index in [9.17, 15) is 0 Å². The molecule has 0 spiro atoms. The van der Waals surface area contributed by atoms with Crippen LogP contribution < -0.4 is 15.4 Å². The molecule has 4 aromatic rings. The second kappa shape index (κ2) is 7.85. The fourth-order valence-corrected chi connectivity index (χ4v) is 6.60. The van der Waals surface area contributed by atoms with Gasteiger partial charge in [-0.2, -0.15) is 4.52 Å². The molecule has 1 aliphatic heterocycles. The molecule has 33 heavy (non-hydrogen) atoms. The molecule has 172 valence electrons. The number of anilines is 2. The zero-order valence-corrected chi connectivity index (χ0v) is 20.2. The summed E-state index contributed by atoms with van der Waals surface area (Å²) in [7, 11) is 6.02. The van der Waals surface area contributed by atoms with Crippen LogP contribution in [0.15, 0.2) is 18.2 Å². The topological polar surface area (TPSA) is 84.8 Å². The van der Waals surface area contributed by atoms with Crippen molar-refractivity contribution in [3.05, 3.63) is 39.3 Å². The Morgan fingerprint density at radius 2 is 2.09 bits per heavy atom. The Balaban J connectivity index is 1.23. The van der Waals surface area contributed by atoms with Gasteiger partial charge in [0.25, 0.3) is 0 Å². The van der Waals surface area contributed by atoms with Crippen molar-refractivity contribution in [3.8, 4) is 5.75 Å². The molecule has 4 heterocycles. The van der Waals surface area contributed by atoms with E-state index in [-0.39, 0.29) is 0 Å². The number of fused-ring (bicyclic) bond motifs is 4. The van der Waals surface area contributed by atoms with Gasteiger partial charge in [-0.05, 0) is 42.9 Å². The van der Waals surface area contributed by atoms with Crippen molar-refractivity contribution in [2.45, 2.75) is 38.1 Å². The first-order valence-electron chi connectivity index (χ1n) is 11.6. The molecule has 1 saturated carbocycles. The van der Waals surface area contributed by atoms with E-state index in [0.717, 1.165) is 55.3 Å². The average molecular weight is 464 g/mol. The van der Waals surface area contributed by atoms with E-state index in [4.69, 9.17) is 15.5 Å². The second-order valence-electron chi connectivity index (χ2n) is 9.25. The molecule has 6 rings (SSSR count). The first-order valence-corrected chi connectivity index (χ1v) is 12.4. The molecule has 0 amide bonds. The monoisotopic (exact) mass is 463 g/mol. The predicted molar refractivity (Wildman–Crippen MR) is 133 cm³/mol. The molecule has 0 bridgehead atoms. The van der Waals surface area contributed by atoms with Gasteiger partial charge in [-0.25, -0.2) is 9.97 Å². The van der Waals surface area contributed by atoms with Crippen LogP contribution in [0, 0.1) is 0 Å². The number of hydrogen-bond donors (Lipinski definition) is 1. The minimum Gasteiger partial charge on any atom is -0.494 e. The molecule has 3 aromatic heterocycles. The van der Waals surface area contributed by atoms with Gasteiger partial charge in [-0.15, -0.1) is 16.4 Å². The molecule has 0 saturated heterocycles. The van der Waals surface area contributed by atoms with Crippen molar-refractivity contribution in [3.63, 3.8) is 0 Å². The van der Waals surface area contributed by atoms with Gasteiger partial charge in [0, 0.05) is 55.3 Å². The third kappa shape index (κ3) is 3.50. The maximum absolute atomic E-state index is 6.20. The summed E-state index contributed by atoms with van der Waals surface area (Å²) in [5.41, 5.74) is 10.7. The lowest BCUT2D eigenvalue weighted by molar-refractivity contribution is 0.259. The van der Waals surface area contributed by atoms with Crippen LogP contribution in [0.25, 0.3) is 16.6 Å². The van der Waals surface area contributed by atoms with Crippen LogP contribution in [0.3, 0.4) is 0 Å². The third-order valence-electron chi connectivity index (χ3n) is 6.74. The highest BCUT2D eigenvalue weighted by atomic mass is 32.1. The molecule has 2 N–H and O–H groups in total. The number of nitrogens with two attached hydrogens (primary N) is 1. The Kier molecular flexibility index (Phi) is 4.92. The van der Waals surface area contributed by atoms with Crippen LogP contribution in [0.5, 0.6) is 5.75 Å². The van der Waals surface area contributed by atoms with Gasteiger partial charge >= 0.3 is 0 Å². The lowest BCUT2D eigenvalue weighted by Crippen LogP contribution is -2.32. The molecule has 0 atom stereocenters. The lowest BCUT2D eigenvalue weighted by Gasteiger charge is -2.27. The highest BCUT2D eigenvalue weighted by molar-refractivity contribution is 7.13. The van der Waals surface area contributed by atoms with Gasteiger partial charge < -0.3 is 15.4 Å². The predicted octanol–water partition coefficient (Wildman–Crippen LogP) is 3.47. The van der Waals surface area contributed by atoms with Crippen LogP contribution in [0.2, 0.25) is 0 Å². The SMILES string of the molecule is COc1cccc2c1nc(N)n1nc(CCN3CCc4c(sc(C5CC5)c4N(C)C)C3)nc21. The Morgan fingerprint density at radius 3 is 2.85 bits per heavy atom. The minimum absolute atomic E-state index is 0.325. The maximum atomic E-state index is 6.20. The van der Waals surface area contributed by atoms with Crippen LogP contribution >= 0.6 is 11.3 Å². The standard InChI is InChI=1S/C24H29N7OS/c1-29(2)21-15-9-11-30(13-18(15)33-22(21)14-7-8-14)12-10-19-26-23-16-5-4-6-17(32-3)20(16)27-24(25)31(23)28-19/h4-6,14H,7-13H2,1-3H3,(H2,25,27). The summed E-state index contributed by atoms with van der Waals surface area (Å²) in [5, 5.41) is 5.56. The first kappa shape index (κ1) is 20.7. The third-order valence-corrected chi connectivity index (χ3v) is 8.10. The normalized spacial score (nSPS) is 16.5. The molecular formula is C24H29N7OS. The summed E-state index contributed by atoms with van der Waals surface area (Å²) in [6.07, 6.45) is 4.60. The van der Waals surface area contributed by atoms with Crippen LogP contribution in [-0.4, -0.2) is 58.8 Å². The fourth-order valence-electron chi connectivity index (χ4n) is 4.96. The molecule has 1 fully saturated rings. The number of methoxy groups -OCH3 is 1. The number of benzene rings is 1. The van der Waals surface area contributed by atoms with E-state index in [1.54, 1.807) is 26.9 Å². The lowest BCUT2D eigenvalue weighted by atomic mass is 10.0. The van der Waals surface area contributed by atoms with Gasteiger partial charge in [0.05, 0.1) is 12.8 Å². The van der Waals surface area contributed by atoms with E-state index in [1.165, 1.54) is 18.5 Å². The Bertz CT molecular complexity index is 1350. The minimum atomic E-state index is 0.325. The van der Waals surface area contributed by atoms with Crippen molar-refractivity contribution in [2.24, 2.45) is 0 Å². The van der Waals surface area contributed by atoms with Gasteiger partial charge in [-0.1, -0.05) is 6.07 Å². The molecule has 0 radical (unpaired) electrons. The zero-order valence-electron chi connectivity index (χ0n) is 19.3. The molecule has 0 unspecified atom stereocenters. The number of hydrogen-bond acceptors (Lipinski definition) is 8.